The van der Waals surface area contributed by atoms with Crippen molar-refractivity contribution >= 4 is 12.0 Å². The first-order valence-electron chi connectivity index (χ1n) is 6.17. The van der Waals surface area contributed by atoms with Crippen LogP contribution in [0.25, 0.3) is 6.08 Å². The summed E-state index contributed by atoms with van der Waals surface area (Å²) in [6.07, 6.45) is 4.40. The average Bonchev–Trinajstić information content (AvgIpc) is 2.40. The number of pyridine rings is 1. The van der Waals surface area contributed by atoms with Gasteiger partial charge in [-0.2, -0.15) is 0 Å². The lowest BCUT2D eigenvalue weighted by atomic mass is 10.1. The third-order valence-corrected chi connectivity index (χ3v) is 2.83. The maximum atomic E-state index is 10.5. The topological polar surface area (TPSA) is 59.4 Å². The molecule has 0 spiro atoms. The predicted octanol–water partition coefficient (Wildman–Crippen LogP) is 3.59. The molecule has 0 unspecified atom stereocenters. The molecule has 4 heteroatoms. The molecule has 20 heavy (non-hydrogen) atoms. The van der Waals surface area contributed by atoms with Gasteiger partial charge in [0.05, 0.1) is 5.69 Å². The molecule has 0 saturated heterocycles. The van der Waals surface area contributed by atoms with Crippen molar-refractivity contribution in [2.75, 3.05) is 0 Å². The molecule has 0 saturated carbocycles. The summed E-state index contributed by atoms with van der Waals surface area (Å²) in [5.41, 5.74) is 2.62. The molecule has 4 nitrogen and oxygen atoms in total. The number of rotatable bonds is 4. The molecule has 0 radical (unpaired) electrons. The number of hydrogen-bond donors (Lipinski definition) is 1. The minimum atomic E-state index is -0.962. The fourth-order valence-electron chi connectivity index (χ4n) is 1.76. The van der Waals surface area contributed by atoms with Crippen molar-refractivity contribution < 1.29 is 14.6 Å². The molecule has 102 valence electrons. The molecule has 0 atom stereocenters. The standard InChI is InChI=1S/C16H15NO3/c1-11-10-14(7-5-13(11)6-8-16(18)19)20-15-4-3-9-17-12(15)2/h3-10H,1-2H3,(H,18,19)/b8-6+. The fourth-order valence-corrected chi connectivity index (χ4v) is 1.76. The number of benzene rings is 1. The van der Waals surface area contributed by atoms with E-state index in [1.807, 2.05) is 38.1 Å². The Labute approximate surface area is 117 Å². The summed E-state index contributed by atoms with van der Waals surface area (Å²) in [7, 11) is 0. The molecule has 0 amide bonds. The van der Waals surface area contributed by atoms with Crippen LogP contribution in [0.3, 0.4) is 0 Å². The van der Waals surface area contributed by atoms with Crippen LogP contribution in [0.2, 0.25) is 0 Å². The summed E-state index contributed by atoms with van der Waals surface area (Å²) in [5.74, 6) is 0.447. The van der Waals surface area contributed by atoms with Gasteiger partial charge < -0.3 is 9.84 Å². The Morgan fingerprint density at radius 3 is 2.75 bits per heavy atom. The molecule has 0 fully saturated rings. The van der Waals surface area contributed by atoms with Gasteiger partial charge in [-0.3, -0.25) is 4.98 Å². The van der Waals surface area contributed by atoms with Crippen molar-refractivity contribution in [2.45, 2.75) is 13.8 Å². The van der Waals surface area contributed by atoms with Crippen molar-refractivity contribution in [2.24, 2.45) is 0 Å². The summed E-state index contributed by atoms with van der Waals surface area (Å²) >= 11 is 0. The van der Waals surface area contributed by atoms with E-state index in [1.54, 1.807) is 18.3 Å². The SMILES string of the molecule is Cc1cc(Oc2cccnc2C)ccc1/C=C/C(=O)O. The fraction of sp³-hybridized carbons (Fsp3) is 0.125. The molecule has 1 aromatic carbocycles. The molecular formula is C16H15NO3. The van der Waals surface area contributed by atoms with Crippen molar-refractivity contribution in [3.8, 4) is 11.5 Å². The van der Waals surface area contributed by atoms with Crippen molar-refractivity contribution in [3.05, 3.63) is 59.4 Å². The second-order valence-electron chi connectivity index (χ2n) is 4.38. The van der Waals surface area contributed by atoms with E-state index in [4.69, 9.17) is 9.84 Å². The number of ether oxygens (including phenoxy) is 1. The van der Waals surface area contributed by atoms with Gasteiger partial charge in [0, 0.05) is 12.3 Å². The predicted molar refractivity (Wildman–Crippen MR) is 76.9 cm³/mol. The molecule has 2 aromatic rings. The summed E-state index contributed by atoms with van der Waals surface area (Å²) in [5, 5.41) is 8.63. The lowest BCUT2D eigenvalue weighted by Gasteiger charge is -2.09. The van der Waals surface area contributed by atoms with Crippen molar-refractivity contribution in [1.82, 2.24) is 4.98 Å². The zero-order chi connectivity index (χ0) is 14.5. The van der Waals surface area contributed by atoms with Gasteiger partial charge in [-0.15, -0.1) is 0 Å². The molecule has 0 aliphatic heterocycles. The quantitative estimate of drug-likeness (QED) is 0.862. The van der Waals surface area contributed by atoms with E-state index in [-0.39, 0.29) is 0 Å². The minimum absolute atomic E-state index is 0.700. The number of carboxylic acids is 1. The largest absolute Gasteiger partial charge is 0.478 e. The number of carboxylic acid groups (broad SMARTS) is 1. The van der Waals surface area contributed by atoms with Gasteiger partial charge in [0.1, 0.15) is 11.5 Å². The first-order chi connectivity index (χ1) is 9.56. The van der Waals surface area contributed by atoms with Gasteiger partial charge in [0.2, 0.25) is 0 Å². The van der Waals surface area contributed by atoms with Gasteiger partial charge in [0.25, 0.3) is 0 Å². The van der Waals surface area contributed by atoms with Gasteiger partial charge in [-0.25, -0.2) is 4.79 Å². The highest BCUT2D eigenvalue weighted by Crippen LogP contribution is 2.25. The van der Waals surface area contributed by atoms with Gasteiger partial charge in [0.15, 0.2) is 0 Å². The number of aryl methyl sites for hydroxylation is 2. The lowest BCUT2D eigenvalue weighted by molar-refractivity contribution is -0.131. The zero-order valence-electron chi connectivity index (χ0n) is 11.3. The second kappa shape index (κ2) is 6.02. The zero-order valence-corrected chi connectivity index (χ0v) is 11.3. The number of hydrogen-bond acceptors (Lipinski definition) is 3. The average molecular weight is 269 g/mol. The highest BCUT2D eigenvalue weighted by atomic mass is 16.5. The molecule has 0 aliphatic rings. The van der Waals surface area contributed by atoms with Crippen molar-refractivity contribution in [3.63, 3.8) is 0 Å². The second-order valence-corrected chi connectivity index (χ2v) is 4.38. The molecule has 0 bridgehead atoms. The van der Waals surface area contributed by atoms with Crippen molar-refractivity contribution in [1.29, 1.82) is 0 Å². The Morgan fingerprint density at radius 2 is 2.10 bits per heavy atom. The van der Waals surface area contributed by atoms with E-state index in [9.17, 15) is 4.79 Å². The Kier molecular flexibility index (Phi) is 4.15. The van der Waals surface area contributed by atoms with E-state index >= 15 is 0 Å². The summed E-state index contributed by atoms with van der Waals surface area (Å²) in [6.45, 7) is 3.79. The van der Waals surface area contributed by atoms with Crippen LogP contribution in [0.1, 0.15) is 16.8 Å². The van der Waals surface area contributed by atoms with Crippen LogP contribution in [-0.4, -0.2) is 16.1 Å². The van der Waals surface area contributed by atoms with Crippen LogP contribution in [0, 0.1) is 13.8 Å². The van der Waals surface area contributed by atoms with Crippen LogP contribution in [-0.2, 0) is 4.79 Å². The third-order valence-electron chi connectivity index (χ3n) is 2.83. The van der Waals surface area contributed by atoms with E-state index < -0.39 is 5.97 Å². The van der Waals surface area contributed by atoms with Gasteiger partial charge >= 0.3 is 5.97 Å². The summed E-state index contributed by atoms with van der Waals surface area (Å²) in [4.78, 5) is 14.7. The maximum Gasteiger partial charge on any atom is 0.328 e. The molecule has 1 N–H and O–H groups in total. The molecule has 1 heterocycles. The van der Waals surface area contributed by atoms with E-state index in [0.717, 1.165) is 22.9 Å². The number of carbonyl (C=O) groups is 1. The Morgan fingerprint density at radius 1 is 1.30 bits per heavy atom. The van der Waals surface area contributed by atoms with Crippen LogP contribution in [0.15, 0.2) is 42.6 Å². The summed E-state index contributed by atoms with van der Waals surface area (Å²) < 4.78 is 5.77. The van der Waals surface area contributed by atoms with Gasteiger partial charge in [-0.05, 0) is 55.3 Å². The molecule has 2 rings (SSSR count). The van der Waals surface area contributed by atoms with E-state index in [1.165, 1.54) is 0 Å². The Bertz CT molecular complexity index is 663. The van der Waals surface area contributed by atoms with Gasteiger partial charge in [-0.1, -0.05) is 6.07 Å². The normalized spacial score (nSPS) is 10.7. The first-order valence-corrected chi connectivity index (χ1v) is 6.17. The van der Waals surface area contributed by atoms with E-state index in [0.29, 0.717) is 11.5 Å². The number of aliphatic carboxylic acids is 1. The van der Waals surface area contributed by atoms with Crippen LogP contribution >= 0.6 is 0 Å². The Balaban J connectivity index is 2.21. The Hall–Kier alpha value is -2.62. The maximum absolute atomic E-state index is 10.5. The number of nitrogens with zero attached hydrogens (tertiary/aromatic N) is 1. The van der Waals surface area contributed by atoms with Crippen LogP contribution in [0.5, 0.6) is 11.5 Å². The lowest BCUT2D eigenvalue weighted by Crippen LogP contribution is -1.91. The molecule has 1 aromatic heterocycles. The van der Waals surface area contributed by atoms with Crippen LogP contribution in [0.4, 0.5) is 0 Å². The third kappa shape index (κ3) is 3.45. The monoisotopic (exact) mass is 269 g/mol. The van der Waals surface area contributed by atoms with Crippen LogP contribution < -0.4 is 4.74 Å². The highest BCUT2D eigenvalue weighted by molar-refractivity contribution is 5.85. The number of aromatic nitrogens is 1. The molecule has 0 aliphatic carbocycles. The van der Waals surface area contributed by atoms with E-state index in [2.05, 4.69) is 4.98 Å². The molecular weight excluding hydrogens is 254 g/mol. The minimum Gasteiger partial charge on any atom is -0.478 e. The smallest absolute Gasteiger partial charge is 0.328 e. The first kappa shape index (κ1) is 13.8. The summed E-state index contributed by atoms with van der Waals surface area (Å²) in [6, 6.07) is 9.18. The highest BCUT2D eigenvalue weighted by Gasteiger charge is 2.03.